The molecule has 0 aromatic rings. The molecule has 0 N–H and O–H groups in total. The van der Waals surface area contributed by atoms with Gasteiger partial charge in [-0.25, -0.2) is 0 Å². The van der Waals surface area contributed by atoms with Crippen LogP contribution in [0, 0.1) is 0 Å². The van der Waals surface area contributed by atoms with Crippen molar-refractivity contribution in [3.05, 3.63) is 42.2 Å². The number of hydrogen-bond donors (Lipinski definition) is 0. The molecule has 0 atom stereocenters. The van der Waals surface area contributed by atoms with Gasteiger partial charge in [0.1, 0.15) is 0 Å². The van der Waals surface area contributed by atoms with Crippen molar-refractivity contribution in [3.63, 3.8) is 0 Å². The standard InChI is InChI=1S/2C7H9.C2H4.2ClH.Ti/c2*1-6-3-4-7(2)5-6;1-2;;;/h2*5H,3H2,1-2H3;1-2H2;2*1H;/q;;;;;+2/p-2. The topological polar surface area (TPSA) is 0 Å². The third kappa shape index (κ3) is 2.83. The van der Waals surface area contributed by atoms with Crippen LogP contribution < -0.4 is 24.8 Å². The van der Waals surface area contributed by atoms with Crippen LogP contribution in [0.3, 0.4) is 0 Å². The minimum atomic E-state index is -1.71. The van der Waals surface area contributed by atoms with Gasteiger partial charge in [-0.1, -0.05) is 0 Å². The van der Waals surface area contributed by atoms with Gasteiger partial charge in [0.2, 0.25) is 0 Å². The third-order valence-electron chi connectivity index (χ3n) is 4.69. The van der Waals surface area contributed by atoms with Crippen LogP contribution in [-0.4, -0.2) is 0 Å². The molecule has 0 amide bonds. The first-order valence-electron chi connectivity index (χ1n) is 6.78. The fourth-order valence-corrected chi connectivity index (χ4v) is 12.8. The molecule has 3 heteroatoms. The van der Waals surface area contributed by atoms with E-state index in [1.165, 1.54) is 12.8 Å². The Morgan fingerprint density at radius 3 is 1.32 bits per heavy atom. The molecule has 0 aromatic heterocycles. The molecule has 1 aliphatic heterocycles. The van der Waals surface area contributed by atoms with Crippen LogP contribution in [0.2, 0.25) is 9.45 Å². The first-order valence-corrected chi connectivity index (χ1v) is 10.5. The van der Waals surface area contributed by atoms with Crippen LogP contribution in [0.5, 0.6) is 0 Å². The maximum Gasteiger partial charge on any atom is -1.00 e. The average Bonchev–Trinajstić information content (AvgIpc) is 2.86. The molecule has 3 rings (SSSR count). The Bertz CT molecular complexity index is 473. The SMILES string of the molecule is CC1=CC(C)=[C]([Ti+2]2([C]3=C(C)C=C(C)C3)[CH2][CH2]2)C1.[Cl-].[Cl-]. The van der Waals surface area contributed by atoms with E-state index >= 15 is 0 Å². The van der Waals surface area contributed by atoms with E-state index in [4.69, 9.17) is 0 Å². The molecule has 0 spiro atoms. The van der Waals surface area contributed by atoms with Crippen molar-refractivity contribution in [2.24, 2.45) is 0 Å². The van der Waals surface area contributed by atoms with Gasteiger partial charge in [-0.3, -0.25) is 0 Å². The minimum absolute atomic E-state index is 0. The summed E-state index contributed by atoms with van der Waals surface area (Å²) in [5, 5.41) is 0. The Labute approximate surface area is 133 Å². The van der Waals surface area contributed by atoms with Crippen LogP contribution in [0.1, 0.15) is 40.5 Å². The fourth-order valence-electron chi connectivity index (χ4n) is 3.86. The summed E-state index contributed by atoms with van der Waals surface area (Å²) in [7, 11) is 0. The zero-order valence-corrected chi connectivity index (χ0v) is 15.3. The summed E-state index contributed by atoms with van der Waals surface area (Å²) in [6.45, 7) is 9.30. The molecule has 3 aliphatic rings. The second-order valence-corrected chi connectivity index (χ2v) is 13.1. The third-order valence-corrected chi connectivity index (χ3v) is 12.4. The number of rotatable bonds is 2. The maximum atomic E-state index is 2.44. The second kappa shape index (κ2) is 5.94. The predicted octanol–water partition coefficient (Wildman–Crippen LogP) is -0.753. The quantitative estimate of drug-likeness (QED) is 0.584. The van der Waals surface area contributed by atoms with Crippen molar-refractivity contribution < 1.29 is 41.4 Å². The molecule has 0 bridgehead atoms. The van der Waals surface area contributed by atoms with Crippen molar-refractivity contribution in [2.45, 2.75) is 50.0 Å². The zero-order valence-electron chi connectivity index (χ0n) is 12.2. The van der Waals surface area contributed by atoms with Crippen LogP contribution >= 0.6 is 0 Å². The van der Waals surface area contributed by atoms with E-state index in [0.717, 1.165) is 0 Å². The monoisotopic (exact) mass is 332 g/mol. The van der Waals surface area contributed by atoms with Crippen molar-refractivity contribution in [1.29, 1.82) is 0 Å². The van der Waals surface area contributed by atoms with Crippen LogP contribution in [0.15, 0.2) is 42.2 Å². The predicted molar refractivity (Wildman–Crippen MR) is 71.8 cm³/mol. The van der Waals surface area contributed by atoms with Crippen LogP contribution in [-0.2, 0) is 16.6 Å². The molecule has 0 unspecified atom stereocenters. The van der Waals surface area contributed by atoms with Crippen LogP contribution in [0.25, 0.3) is 0 Å². The van der Waals surface area contributed by atoms with E-state index in [1.807, 2.05) is 7.76 Å². The first-order chi connectivity index (χ1) is 8.03. The Kier molecular flexibility index (Phi) is 5.41. The van der Waals surface area contributed by atoms with Gasteiger partial charge in [0.25, 0.3) is 0 Å². The smallest absolute Gasteiger partial charge is 1.00 e. The van der Waals surface area contributed by atoms with E-state index in [2.05, 4.69) is 39.8 Å². The van der Waals surface area contributed by atoms with Gasteiger partial charge in [-0.2, -0.15) is 0 Å². The average molecular weight is 333 g/mol. The first kappa shape index (κ1) is 17.3. The molecule has 0 saturated carbocycles. The van der Waals surface area contributed by atoms with Gasteiger partial charge in [0.15, 0.2) is 0 Å². The number of halogens is 2. The Balaban J connectivity index is 0.000000902. The van der Waals surface area contributed by atoms with Gasteiger partial charge < -0.3 is 24.8 Å². The summed E-state index contributed by atoms with van der Waals surface area (Å²) >= 11 is -1.71. The van der Waals surface area contributed by atoms with E-state index < -0.39 is 16.6 Å². The van der Waals surface area contributed by atoms with Crippen molar-refractivity contribution >= 4 is 0 Å². The summed E-state index contributed by atoms with van der Waals surface area (Å²) in [5.74, 6) is 0. The molecule has 1 fully saturated rings. The van der Waals surface area contributed by atoms with Gasteiger partial charge in [-0.15, -0.1) is 0 Å². The van der Waals surface area contributed by atoms with Gasteiger partial charge >= 0.3 is 109 Å². The Morgan fingerprint density at radius 2 is 1.11 bits per heavy atom. The summed E-state index contributed by atoms with van der Waals surface area (Å²) < 4.78 is 6.98. The molecular weight excluding hydrogens is 311 g/mol. The molecule has 0 radical (unpaired) electrons. The summed E-state index contributed by atoms with van der Waals surface area (Å²) in [6.07, 6.45) is 7.49. The van der Waals surface area contributed by atoms with Crippen molar-refractivity contribution in [1.82, 2.24) is 0 Å². The van der Waals surface area contributed by atoms with Gasteiger partial charge in [-0.05, 0) is 0 Å². The van der Waals surface area contributed by atoms with Crippen molar-refractivity contribution in [2.75, 3.05) is 0 Å². The summed E-state index contributed by atoms with van der Waals surface area (Å²) in [6, 6.07) is 0. The van der Waals surface area contributed by atoms with E-state index in [0.29, 0.717) is 0 Å². The van der Waals surface area contributed by atoms with E-state index in [9.17, 15) is 0 Å². The second-order valence-electron chi connectivity index (χ2n) is 6.24. The molecule has 2 aliphatic carbocycles. The molecule has 19 heavy (non-hydrogen) atoms. The molecule has 1 saturated heterocycles. The zero-order chi connectivity index (χ0) is 12.2. The van der Waals surface area contributed by atoms with Crippen LogP contribution in [0.4, 0.5) is 0 Å². The van der Waals surface area contributed by atoms with Gasteiger partial charge in [0.05, 0.1) is 0 Å². The summed E-state index contributed by atoms with van der Waals surface area (Å²) in [5.41, 5.74) is 6.44. The number of hydrogen-bond acceptors (Lipinski definition) is 0. The Morgan fingerprint density at radius 1 is 0.737 bits per heavy atom. The largest absolute Gasteiger partial charge is 1.00 e. The molecular formula is C16H22Cl2Ti. The summed E-state index contributed by atoms with van der Waals surface area (Å²) in [4.78, 5) is 0. The van der Waals surface area contributed by atoms with Crippen molar-refractivity contribution in [3.8, 4) is 0 Å². The van der Waals surface area contributed by atoms with Gasteiger partial charge in [0, 0.05) is 0 Å². The molecule has 104 valence electrons. The maximum absolute atomic E-state index is 2.44. The van der Waals surface area contributed by atoms with E-state index in [-0.39, 0.29) is 24.8 Å². The molecule has 0 aromatic carbocycles. The Hall–Kier alpha value is 0.254. The normalized spacial score (nSPS) is 22.1. The fraction of sp³-hybridized carbons (Fsp3) is 0.500. The number of allylic oxidation sites excluding steroid dienone is 8. The molecule has 1 heterocycles. The van der Waals surface area contributed by atoms with E-state index in [1.54, 1.807) is 31.7 Å². The minimum Gasteiger partial charge on any atom is -1.00 e. The molecule has 0 nitrogen and oxygen atoms in total.